The monoisotopic (exact) mass is 422 g/mol. The first-order chi connectivity index (χ1) is 13.6. The Hall–Kier alpha value is -1.10. The van der Waals surface area contributed by atoms with Crippen molar-refractivity contribution in [3.8, 4) is 0 Å². The third-order valence-electron chi connectivity index (χ3n) is 5.67. The average Bonchev–Trinajstić information content (AvgIpc) is 2.71. The van der Waals surface area contributed by atoms with E-state index in [4.69, 9.17) is 27.9 Å². The standard InChI is InChI=1S/C23H29Cl2NO2/c1-2-21-5-3-4-14-26(21)15-22(27)16-28-23(17-6-10-19(24)11-7-17)18-8-12-20(25)13-9-18/h6-13,21-23,27H,2-5,14-16H2,1H3/p+1/t21-,22-/m0/s1. The summed E-state index contributed by atoms with van der Waals surface area (Å²) in [7, 11) is 0. The van der Waals surface area contributed by atoms with Crippen LogP contribution in [0.2, 0.25) is 10.0 Å². The maximum absolute atomic E-state index is 10.7. The zero-order valence-electron chi connectivity index (χ0n) is 16.4. The molecule has 1 aliphatic rings. The highest BCUT2D eigenvalue weighted by atomic mass is 35.5. The van der Waals surface area contributed by atoms with Crippen molar-refractivity contribution in [3.63, 3.8) is 0 Å². The predicted octanol–water partition coefficient (Wildman–Crippen LogP) is 4.31. The van der Waals surface area contributed by atoms with Crippen LogP contribution in [0, 0.1) is 0 Å². The molecule has 1 unspecified atom stereocenters. The van der Waals surface area contributed by atoms with Crippen molar-refractivity contribution in [2.24, 2.45) is 0 Å². The summed E-state index contributed by atoms with van der Waals surface area (Å²) in [5.74, 6) is 0. The van der Waals surface area contributed by atoms with Gasteiger partial charge in [0.05, 0.1) is 19.2 Å². The Kier molecular flexibility index (Phi) is 8.19. The zero-order valence-corrected chi connectivity index (χ0v) is 17.9. The van der Waals surface area contributed by atoms with Gasteiger partial charge in [0, 0.05) is 10.0 Å². The molecule has 1 saturated heterocycles. The fraction of sp³-hybridized carbons (Fsp3) is 0.478. The molecule has 3 atom stereocenters. The van der Waals surface area contributed by atoms with Crippen LogP contribution >= 0.6 is 23.2 Å². The van der Waals surface area contributed by atoms with Crippen LogP contribution in [0.3, 0.4) is 0 Å². The van der Waals surface area contributed by atoms with E-state index in [9.17, 15) is 5.11 Å². The average molecular weight is 423 g/mol. The molecule has 3 rings (SSSR count). The normalized spacial score (nSPS) is 21.0. The van der Waals surface area contributed by atoms with Crippen molar-refractivity contribution >= 4 is 23.2 Å². The fourth-order valence-electron chi connectivity index (χ4n) is 4.14. The first kappa shape index (κ1) is 21.6. The number of rotatable bonds is 8. The number of benzene rings is 2. The number of nitrogens with one attached hydrogen (secondary N) is 1. The highest BCUT2D eigenvalue weighted by molar-refractivity contribution is 6.30. The van der Waals surface area contributed by atoms with Crippen LogP contribution in [0.15, 0.2) is 48.5 Å². The number of quaternary nitrogens is 1. The molecule has 0 bridgehead atoms. The molecule has 2 aromatic rings. The van der Waals surface area contributed by atoms with Gasteiger partial charge in [-0.2, -0.15) is 0 Å². The van der Waals surface area contributed by atoms with Gasteiger partial charge in [-0.25, -0.2) is 0 Å². The van der Waals surface area contributed by atoms with E-state index in [0.29, 0.717) is 22.7 Å². The Morgan fingerprint density at radius 1 is 1.00 bits per heavy atom. The molecule has 152 valence electrons. The van der Waals surface area contributed by atoms with E-state index in [0.717, 1.165) is 24.2 Å². The molecule has 2 N–H and O–H groups in total. The van der Waals surface area contributed by atoms with E-state index >= 15 is 0 Å². The lowest BCUT2D eigenvalue weighted by atomic mass is 9.99. The van der Waals surface area contributed by atoms with Gasteiger partial charge in [-0.1, -0.05) is 54.4 Å². The Balaban J connectivity index is 1.67. The summed E-state index contributed by atoms with van der Waals surface area (Å²) >= 11 is 12.1. The van der Waals surface area contributed by atoms with Gasteiger partial charge >= 0.3 is 0 Å². The topological polar surface area (TPSA) is 33.9 Å². The lowest BCUT2D eigenvalue weighted by molar-refractivity contribution is -0.933. The Labute approximate surface area is 178 Å². The van der Waals surface area contributed by atoms with Gasteiger partial charge in [0.15, 0.2) is 0 Å². The number of ether oxygens (including phenoxy) is 1. The van der Waals surface area contributed by atoms with Crippen LogP contribution in [0.4, 0.5) is 0 Å². The highest BCUT2D eigenvalue weighted by Gasteiger charge is 2.27. The van der Waals surface area contributed by atoms with Gasteiger partial charge in [0.1, 0.15) is 18.8 Å². The molecule has 5 heteroatoms. The summed E-state index contributed by atoms with van der Waals surface area (Å²) in [6.07, 6.45) is 4.24. The quantitative estimate of drug-likeness (QED) is 0.664. The third-order valence-corrected chi connectivity index (χ3v) is 6.17. The second kappa shape index (κ2) is 10.6. The van der Waals surface area contributed by atoms with Crippen LogP contribution in [0.25, 0.3) is 0 Å². The summed E-state index contributed by atoms with van der Waals surface area (Å²) < 4.78 is 6.22. The molecule has 0 amide bonds. The van der Waals surface area contributed by atoms with Crippen molar-refractivity contribution in [1.29, 1.82) is 0 Å². The molecule has 2 aromatic carbocycles. The number of halogens is 2. The molecule has 1 aliphatic heterocycles. The van der Waals surface area contributed by atoms with Crippen LogP contribution in [0.5, 0.6) is 0 Å². The molecule has 0 aromatic heterocycles. The SMILES string of the molecule is CC[C@H]1CCCC[NH+]1C[C@H](O)COC(c1ccc(Cl)cc1)c1ccc(Cl)cc1. The summed E-state index contributed by atoms with van der Waals surface area (Å²) in [5, 5.41) is 12.0. The van der Waals surface area contributed by atoms with E-state index in [1.54, 1.807) is 0 Å². The number of hydrogen-bond acceptors (Lipinski definition) is 2. The van der Waals surface area contributed by atoms with Crippen LogP contribution in [0.1, 0.15) is 49.8 Å². The van der Waals surface area contributed by atoms with Gasteiger partial charge in [0.25, 0.3) is 0 Å². The van der Waals surface area contributed by atoms with Gasteiger partial charge < -0.3 is 14.7 Å². The molecule has 0 aliphatic carbocycles. The summed E-state index contributed by atoms with van der Waals surface area (Å²) in [4.78, 5) is 1.51. The minimum absolute atomic E-state index is 0.262. The van der Waals surface area contributed by atoms with Crippen molar-refractivity contribution < 1.29 is 14.7 Å². The first-order valence-corrected chi connectivity index (χ1v) is 11.0. The van der Waals surface area contributed by atoms with Crippen molar-refractivity contribution in [3.05, 3.63) is 69.7 Å². The molecule has 0 spiro atoms. The smallest absolute Gasteiger partial charge is 0.126 e. The zero-order chi connectivity index (χ0) is 19.9. The molecule has 1 fully saturated rings. The Morgan fingerprint density at radius 2 is 1.57 bits per heavy atom. The summed E-state index contributed by atoms with van der Waals surface area (Å²) in [6.45, 7) is 4.44. The van der Waals surface area contributed by atoms with Gasteiger partial charge in [-0.05, 0) is 61.1 Å². The first-order valence-electron chi connectivity index (χ1n) is 10.2. The summed E-state index contributed by atoms with van der Waals surface area (Å²) in [5.41, 5.74) is 2.02. The molecular weight excluding hydrogens is 393 g/mol. The molecule has 0 saturated carbocycles. The van der Waals surface area contributed by atoms with Gasteiger partial charge in [-0.15, -0.1) is 0 Å². The lowest BCUT2D eigenvalue weighted by Gasteiger charge is -2.33. The van der Waals surface area contributed by atoms with Gasteiger partial charge in [-0.3, -0.25) is 0 Å². The van der Waals surface area contributed by atoms with E-state index in [1.165, 1.54) is 30.6 Å². The largest absolute Gasteiger partial charge is 0.385 e. The van der Waals surface area contributed by atoms with Crippen molar-refractivity contribution in [2.75, 3.05) is 19.7 Å². The molecule has 1 heterocycles. The van der Waals surface area contributed by atoms with Crippen molar-refractivity contribution in [2.45, 2.75) is 50.9 Å². The van der Waals surface area contributed by atoms with E-state index in [2.05, 4.69) is 6.92 Å². The van der Waals surface area contributed by atoms with Crippen LogP contribution < -0.4 is 4.90 Å². The van der Waals surface area contributed by atoms with E-state index in [1.807, 2.05) is 48.5 Å². The van der Waals surface area contributed by atoms with Crippen LogP contribution in [-0.4, -0.2) is 36.9 Å². The van der Waals surface area contributed by atoms with Crippen molar-refractivity contribution in [1.82, 2.24) is 0 Å². The minimum Gasteiger partial charge on any atom is -0.385 e. The predicted molar refractivity (Wildman–Crippen MR) is 115 cm³/mol. The van der Waals surface area contributed by atoms with E-state index < -0.39 is 6.10 Å². The number of aliphatic hydroxyl groups is 1. The minimum atomic E-state index is -0.482. The Bertz CT molecular complexity index is 675. The molecule has 3 nitrogen and oxygen atoms in total. The number of likely N-dealkylation sites (tertiary alicyclic amines) is 1. The molecular formula is C23H30Cl2NO2+. The molecule has 28 heavy (non-hydrogen) atoms. The van der Waals surface area contributed by atoms with Crippen LogP contribution in [-0.2, 0) is 4.74 Å². The van der Waals surface area contributed by atoms with E-state index in [-0.39, 0.29) is 6.10 Å². The molecule has 0 radical (unpaired) electrons. The second-order valence-corrected chi connectivity index (χ2v) is 8.56. The third kappa shape index (κ3) is 5.95. The highest BCUT2D eigenvalue weighted by Crippen LogP contribution is 2.28. The fourth-order valence-corrected chi connectivity index (χ4v) is 4.39. The second-order valence-electron chi connectivity index (χ2n) is 7.68. The van der Waals surface area contributed by atoms with Gasteiger partial charge in [0.2, 0.25) is 0 Å². The number of aliphatic hydroxyl groups excluding tert-OH is 1. The lowest BCUT2D eigenvalue weighted by Crippen LogP contribution is -3.17. The number of piperidine rings is 1. The maximum Gasteiger partial charge on any atom is 0.126 e. The number of hydrogen-bond donors (Lipinski definition) is 2. The Morgan fingerprint density at radius 3 is 2.11 bits per heavy atom. The maximum atomic E-state index is 10.7. The summed E-state index contributed by atoms with van der Waals surface area (Å²) in [6, 6.07) is 16.0.